The van der Waals surface area contributed by atoms with Crippen LogP contribution >= 0.6 is 12.2 Å². The first-order valence-electron chi connectivity index (χ1n) is 11.3. The molecule has 35 heavy (non-hydrogen) atoms. The smallest absolute Gasteiger partial charge is 0.253 e. The molecule has 0 unspecified atom stereocenters. The fraction of sp³-hybridized carbons (Fsp3) is 0.214. The van der Waals surface area contributed by atoms with Gasteiger partial charge in [-0.05, 0) is 103 Å². The van der Waals surface area contributed by atoms with E-state index in [1.807, 2.05) is 72.5 Å². The van der Waals surface area contributed by atoms with Gasteiger partial charge in [0, 0.05) is 23.3 Å². The van der Waals surface area contributed by atoms with Crippen molar-refractivity contribution in [1.82, 2.24) is 9.88 Å². The summed E-state index contributed by atoms with van der Waals surface area (Å²) in [5, 5.41) is 4.81. The summed E-state index contributed by atoms with van der Waals surface area (Å²) in [7, 11) is 3.28. The first kappa shape index (κ1) is 24.3. The molecule has 0 atom stereocenters. The lowest BCUT2D eigenvalue weighted by Crippen LogP contribution is -2.35. The second kappa shape index (κ2) is 10.6. The van der Waals surface area contributed by atoms with Gasteiger partial charge in [-0.25, -0.2) is 0 Å². The van der Waals surface area contributed by atoms with Gasteiger partial charge in [0.25, 0.3) is 5.56 Å². The molecular weight excluding hydrogens is 458 g/mol. The lowest BCUT2D eigenvalue weighted by atomic mass is 10.0. The van der Waals surface area contributed by atoms with Crippen LogP contribution in [0.2, 0.25) is 0 Å². The number of fused-ring (bicyclic) bond motifs is 1. The van der Waals surface area contributed by atoms with E-state index < -0.39 is 0 Å². The number of ether oxygens (including phenoxy) is 2. The number of nitrogens with zero attached hydrogens (tertiary/aromatic N) is 1. The molecule has 180 valence electrons. The van der Waals surface area contributed by atoms with Gasteiger partial charge in [-0.3, -0.25) is 4.79 Å². The Morgan fingerprint density at radius 3 is 2.11 bits per heavy atom. The predicted molar refractivity (Wildman–Crippen MR) is 145 cm³/mol. The highest BCUT2D eigenvalue weighted by atomic mass is 32.1. The second-order valence-electron chi connectivity index (χ2n) is 8.51. The number of aryl methyl sites for hydroxylation is 2. The maximum atomic E-state index is 13.0. The summed E-state index contributed by atoms with van der Waals surface area (Å²) in [5.74, 6) is 1.56. The SMILES string of the molecule is COc1ccc(CN(Cc2cc3cc(C)c(C)cc3[nH]c2=O)C(=S)Nc2ccc(OC)cc2)cc1. The van der Waals surface area contributed by atoms with E-state index in [0.29, 0.717) is 23.8 Å². The topological polar surface area (TPSA) is 66.6 Å². The number of methoxy groups -OCH3 is 2. The van der Waals surface area contributed by atoms with E-state index in [2.05, 4.69) is 23.3 Å². The molecule has 1 aromatic heterocycles. The molecule has 4 aromatic rings. The first-order valence-corrected chi connectivity index (χ1v) is 11.7. The van der Waals surface area contributed by atoms with Gasteiger partial charge in [0.1, 0.15) is 11.5 Å². The van der Waals surface area contributed by atoms with E-state index in [4.69, 9.17) is 21.7 Å². The number of rotatable bonds is 7. The zero-order valence-electron chi connectivity index (χ0n) is 20.3. The van der Waals surface area contributed by atoms with E-state index in [9.17, 15) is 4.79 Å². The van der Waals surface area contributed by atoms with Crippen molar-refractivity contribution >= 4 is 33.9 Å². The number of hydrogen-bond donors (Lipinski definition) is 2. The van der Waals surface area contributed by atoms with Gasteiger partial charge < -0.3 is 24.7 Å². The second-order valence-corrected chi connectivity index (χ2v) is 8.90. The largest absolute Gasteiger partial charge is 0.497 e. The van der Waals surface area contributed by atoms with Crippen molar-refractivity contribution in [3.8, 4) is 11.5 Å². The molecule has 0 aliphatic carbocycles. The van der Waals surface area contributed by atoms with Crippen LogP contribution in [0.4, 0.5) is 5.69 Å². The Hall–Kier alpha value is -3.84. The summed E-state index contributed by atoms with van der Waals surface area (Å²) < 4.78 is 10.5. The normalized spacial score (nSPS) is 10.7. The highest BCUT2D eigenvalue weighted by Crippen LogP contribution is 2.21. The molecule has 0 saturated carbocycles. The van der Waals surface area contributed by atoms with Crippen molar-refractivity contribution in [2.24, 2.45) is 0 Å². The molecule has 6 nitrogen and oxygen atoms in total. The molecule has 0 amide bonds. The van der Waals surface area contributed by atoms with Crippen LogP contribution in [0.15, 0.2) is 71.5 Å². The summed E-state index contributed by atoms with van der Waals surface area (Å²) in [4.78, 5) is 18.0. The number of pyridine rings is 1. The Labute approximate surface area is 210 Å². The van der Waals surface area contributed by atoms with Crippen LogP contribution in [-0.2, 0) is 13.1 Å². The summed E-state index contributed by atoms with van der Waals surface area (Å²) in [6, 6.07) is 21.5. The average Bonchev–Trinajstić information content (AvgIpc) is 2.86. The third-order valence-electron chi connectivity index (χ3n) is 6.06. The summed E-state index contributed by atoms with van der Waals surface area (Å²) >= 11 is 5.79. The van der Waals surface area contributed by atoms with Crippen LogP contribution in [-0.4, -0.2) is 29.2 Å². The summed E-state index contributed by atoms with van der Waals surface area (Å²) in [5.41, 5.74) is 5.58. The molecule has 3 aromatic carbocycles. The summed E-state index contributed by atoms with van der Waals surface area (Å²) in [6.07, 6.45) is 0. The van der Waals surface area contributed by atoms with Crippen molar-refractivity contribution in [2.45, 2.75) is 26.9 Å². The molecule has 0 bridgehead atoms. The number of hydrogen-bond acceptors (Lipinski definition) is 4. The number of benzene rings is 3. The standard InChI is InChI=1S/C28H29N3O3S/c1-18-13-21-15-22(27(32)30-26(21)14-19(18)2)17-31(16-20-5-9-24(33-3)10-6-20)28(35)29-23-7-11-25(34-4)12-8-23/h5-15H,16-17H2,1-4H3,(H,29,35)(H,30,32). The number of nitrogens with one attached hydrogen (secondary N) is 2. The van der Waals surface area contributed by atoms with Crippen molar-refractivity contribution in [3.63, 3.8) is 0 Å². The molecule has 0 saturated heterocycles. The minimum atomic E-state index is -0.118. The van der Waals surface area contributed by atoms with Crippen molar-refractivity contribution in [3.05, 3.63) is 99.3 Å². The summed E-state index contributed by atoms with van der Waals surface area (Å²) in [6.45, 7) is 4.99. The molecule has 0 aliphatic rings. The fourth-order valence-electron chi connectivity index (χ4n) is 3.87. The zero-order chi connectivity index (χ0) is 24.9. The van der Waals surface area contributed by atoms with Gasteiger partial charge in [0.05, 0.1) is 20.8 Å². The van der Waals surface area contributed by atoms with Gasteiger partial charge in [0.15, 0.2) is 5.11 Å². The minimum Gasteiger partial charge on any atom is -0.497 e. The number of H-pyrrole nitrogens is 1. The third-order valence-corrected chi connectivity index (χ3v) is 6.42. The van der Waals surface area contributed by atoms with E-state index in [0.717, 1.165) is 39.2 Å². The Morgan fingerprint density at radius 1 is 0.886 bits per heavy atom. The molecule has 2 N–H and O–H groups in total. The fourth-order valence-corrected chi connectivity index (χ4v) is 4.12. The Bertz CT molecular complexity index is 1400. The lowest BCUT2D eigenvalue weighted by Gasteiger charge is -2.26. The van der Waals surface area contributed by atoms with E-state index in [-0.39, 0.29) is 5.56 Å². The van der Waals surface area contributed by atoms with Crippen LogP contribution in [0.25, 0.3) is 10.9 Å². The zero-order valence-corrected chi connectivity index (χ0v) is 21.2. The molecule has 7 heteroatoms. The molecule has 0 fully saturated rings. The van der Waals surface area contributed by atoms with Gasteiger partial charge in [-0.15, -0.1) is 0 Å². The van der Waals surface area contributed by atoms with Crippen molar-refractivity contribution in [1.29, 1.82) is 0 Å². The van der Waals surface area contributed by atoms with Gasteiger partial charge in [0.2, 0.25) is 0 Å². The van der Waals surface area contributed by atoms with Crippen LogP contribution in [0, 0.1) is 13.8 Å². The maximum absolute atomic E-state index is 13.0. The number of aromatic nitrogens is 1. The number of aromatic amines is 1. The Kier molecular flexibility index (Phi) is 7.36. The minimum absolute atomic E-state index is 0.118. The van der Waals surface area contributed by atoms with Crippen molar-refractivity contribution in [2.75, 3.05) is 19.5 Å². The van der Waals surface area contributed by atoms with Gasteiger partial charge >= 0.3 is 0 Å². The average molecular weight is 488 g/mol. The number of thiocarbonyl (C=S) groups is 1. The third kappa shape index (κ3) is 5.81. The van der Waals surface area contributed by atoms with E-state index in [1.165, 1.54) is 5.56 Å². The quantitative estimate of drug-likeness (QED) is 0.333. The molecule has 0 radical (unpaired) electrons. The van der Waals surface area contributed by atoms with E-state index in [1.54, 1.807) is 14.2 Å². The molecule has 4 rings (SSSR count). The molecule has 0 spiro atoms. The molecule has 0 aliphatic heterocycles. The highest BCUT2D eigenvalue weighted by molar-refractivity contribution is 7.80. The maximum Gasteiger partial charge on any atom is 0.253 e. The van der Waals surface area contributed by atoms with E-state index >= 15 is 0 Å². The lowest BCUT2D eigenvalue weighted by molar-refractivity contribution is 0.406. The Balaban J connectivity index is 1.64. The van der Waals surface area contributed by atoms with Gasteiger partial charge in [-0.2, -0.15) is 0 Å². The first-order chi connectivity index (χ1) is 16.9. The monoisotopic (exact) mass is 487 g/mol. The number of anilines is 1. The van der Waals surface area contributed by atoms with Gasteiger partial charge in [-0.1, -0.05) is 12.1 Å². The van der Waals surface area contributed by atoms with Crippen molar-refractivity contribution < 1.29 is 9.47 Å². The highest BCUT2D eigenvalue weighted by Gasteiger charge is 2.15. The molecular formula is C28H29N3O3S. The van der Waals surface area contributed by atoms with Crippen LogP contribution in [0.1, 0.15) is 22.3 Å². The Morgan fingerprint density at radius 2 is 1.49 bits per heavy atom. The van der Waals surface area contributed by atoms with Crippen LogP contribution < -0.4 is 20.3 Å². The van der Waals surface area contributed by atoms with Crippen LogP contribution in [0.3, 0.4) is 0 Å². The molecule has 1 heterocycles. The van der Waals surface area contributed by atoms with Crippen LogP contribution in [0.5, 0.6) is 11.5 Å². The predicted octanol–water partition coefficient (Wildman–Crippen LogP) is 5.56.